The van der Waals surface area contributed by atoms with Crippen molar-refractivity contribution in [1.29, 1.82) is 0 Å². The predicted molar refractivity (Wildman–Crippen MR) is 96.1 cm³/mol. The Kier molecular flexibility index (Phi) is 5.58. The van der Waals surface area contributed by atoms with Crippen LogP contribution < -0.4 is 0 Å². The van der Waals surface area contributed by atoms with Gasteiger partial charge in [0.2, 0.25) is 0 Å². The second-order valence-corrected chi connectivity index (χ2v) is 7.23. The highest BCUT2D eigenvalue weighted by molar-refractivity contribution is 7.11. The average Bonchev–Trinajstić information content (AvgIpc) is 2.87. The van der Waals surface area contributed by atoms with Gasteiger partial charge in [-0.3, -0.25) is 14.7 Å². The summed E-state index contributed by atoms with van der Waals surface area (Å²) in [5.74, 6) is 0.142. The van der Waals surface area contributed by atoms with Gasteiger partial charge < -0.3 is 4.90 Å². The Labute approximate surface area is 147 Å². The lowest BCUT2D eigenvalue weighted by atomic mass is 10.1. The van der Waals surface area contributed by atoms with Crippen LogP contribution >= 0.6 is 11.3 Å². The molecule has 1 amide bonds. The highest BCUT2D eigenvalue weighted by Crippen LogP contribution is 2.21. The van der Waals surface area contributed by atoms with Crippen LogP contribution in [0, 0.1) is 6.92 Å². The number of carbonyl (C=O) groups excluding carboxylic acids is 1. The first-order valence-electron chi connectivity index (χ1n) is 8.44. The topological polar surface area (TPSA) is 49.3 Å². The van der Waals surface area contributed by atoms with Crippen molar-refractivity contribution >= 4 is 17.2 Å². The molecule has 0 aliphatic carbocycles. The van der Waals surface area contributed by atoms with E-state index in [1.54, 1.807) is 5.51 Å². The third-order valence-electron chi connectivity index (χ3n) is 4.69. The molecule has 5 nitrogen and oxygen atoms in total. The maximum absolute atomic E-state index is 12.7. The number of aromatic nitrogens is 2. The molecule has 1 unspecified atom stereocenters. The van der Waals surface area contributed by atoms with Crippen LogP contribution in [0.5, 0.6) is 0 Å². The number of amides is 1. The molecule has 1 aliphatic rings. The first-order chi connectivity index (χ1) is 11.6. The molecule has 0 spiro atoms. The Morgan fingerprint density at radius 3 is 2.92 bits per heavy atom. The fraction of sp³-hybridized carbons (Fsp3) is 0.500. The van der Waals surface area contributed by atoms with Gasteiger partial charge in [-0.15, -0.1) is 11.3 Å². The van der Waals surface area contributed by atoms with Crippen molar-refractivity contribution in [3.8, 4) is 0 Å². The van der Waals surface area contributed by atoms with Crippen LogP contribution in [0.2, 0.25) is 0 Å². The molecule has 0 aromatic carbocycles. The minimum absolute atomic E-state index is 0.142. The quantitative estimate of drug-likeness (QED) is 0.855. The van der Waals surface area contributed by atoms with Gasteiger partial charge in [-0.05, 0) is 45.4 Å². The van der Waals surface area contributed by atoms with E-state index in [4.69, 9.17) is 0 Å². The maximum atomic E-state index is 12.7. The van der Waals surface area contributed by atoms with Crippen LogP contribution in [0.25, 0.3) is 0 Å². The van der Waals surface area contributed by atoms with E-state index in [9.17, 15) is 4.79 Å². The van der Waals surface area contributed by atoms with Crippen molar-refractivity contribution in [2.24, 2.45) is 0 Å². The molecule has 0 radical (unpaired) electrons. The zero-order valence-electron chi connectivity index (χ0n) is 14.3. The Bertz CT molecular complexity index is 673. The number of rotatable bonds is 4. The SMILES string of the molecule is Cc1ncsc1C(=O)N1CCCC(N(C)Cc2ccccn2)CC1. The minimum Gasteiger partial charge on any atom is -0.338 e. The molecule has 3 rings (SSSR count). The Morgan fingerprint density at radius 1 is 1.33 bits per heavy atom. The average molecular weight is 344 g/mol. The van der Waals surface area contributed by atoms with Crippen molar-refractivity contribution in [3.63, 3.8) is 0 Å². The van der Waals surface area contributed by atoms with E-state index in [2.05, 4.69) is 28.0 Å². The first-order valence-corrected chi connectivity index (χ1v) is 9.32. The smallest absolute Gasteiger partial charge is 0.265 e. The van der Waals surface area contributed by atoms with Crippen LogP contribution in [-0.2, 0) is 6.54 Å². The number of carbonyl (C=O) groups is 1. The summed E-state index contributed by atoms with van der Waals surface area (Å²) in [5, 5.41) is 0. The molecule has 0 N–H and O–H groups in total. The summed E-state index contributed by atoms with van der Waals surface area (Å²) in [5.41, 5.74) is 3.69. The summed E-state index contributed by atoms with van der Waals surface area (Å²) in [6, 6.07) is 6.53. The molecule has 24 heavy (non-hydrogen) atoms. The molecule has 1 atom stereocenters. The Morgan fingerprint density at radius 2 is 2.21 bits per heavy atom. The summed E-state index contributed by atoms with van der Waals surface area (Å²) in [6.07, 6.45) is 5.01. The molecule has 1 fully saturated rings. The molecule has 3 heterocycles. The monoisotopic (exact) mass is 344 g/mol. The molecular formula is C18H24N4OS. The lowest BCUT2D eigenvalue weighted by molar-refractivity contribution is 0.0761. The van der Waals surface area contributed by atoms with Crippen LogP contribution in [0.3, 0.4) is 0 Å². The summed E-state index contributed by atoms with van der Waals surface area (Å²) in [4.78, 5) is 26.4. The van der Waals surface area contributed by atoms with Gasteiger partial charge in [-0.2, -0.15) is 0 Å². The van der Waals surface area contributed by atoms with E-state index in [1.807, 2.05) is 30.2 Å². The lowest BCUT2D eigenvalue weighted by Gasteiger charge is -2.27. The highest BCUT2D eigenvalue weighted by atomic mass is 32.1. The molecule has 1 saturated heterocycles. The van der Waals surface area contributed by atoms with Gasteiger partial charge >= 0.3 is 0 Å². The summed E-state index contributed by atoms with van der Waals surface area (Å²) in [7, 11) is 2.16. The number of likely N-dealkylation sites (tertiary alicyclic amines) is 1. The molecule has 0 bridgehead atoms. The largest absolute Gasteiger partial charge is 0.338 e. The number of aryl methyl sites for hydroxylation is 1. The first kappa shape index (κ1) is 17.0. The fourth-order valence-corrected chi connectivity index (χ4v) is 4.02. The van der Waals surface area contributed by atoms with Gasteiger partial charge in [0.05, 0.1) is 16.9 Å². The predicted octanol–water partition coefficient (Wildman–Crippen LogP) is 2.97. The second-order valence-electron chi connectivity index (χ2n) is 6.38. The Hall–Kier alpha value is -1.79. The van der Waals surface area contributed by atoms with Gasteiger partial charge in [0.1, 0.15) is 4.88 Å². The third kappa shape index (κ3) is 3.99. The summed E-state index contributed by atoms with van der Waals surface area (Å²) in [6.45, 7) is 4.41. The van der Waals surface area contributed by atoms with E-state index < -0.39 is 0 Å². The number of hydrogen-bond acceptors (Lipinski definition) is 5. The summed E-state index contributed by atoms with van der Waals surface area (Å²) >= 11 is 1.45. The standard InChI is InChI=1S/C18H24N4OS/c1-14-17(24-13-20-14)18(23)22-10-5-7-16(8-11-22)21(2)12-15-6-3-4-9-19-15/h3-4,6,9,13,16H,5,7-8,10-12H2,1-2H3. The van der Waals surface area contributed by atoms with Crippen LogP contribution in [0.4, 0.5) is 0 Å². The van der Waals surface area contributed by atoms with E-state index in [0.29, 0.717) is 6.04 Å². The lowest BCUT2D eigenvalue weighted by Crippen LogP contribution is -2.35. The van der Waals surface area contributed by atoms with Gasteiger partial charge in [-0.1, -0.05) is 6.07 Å². The van der Waals surface area contributed by atoms with E-state index in [-0.39, 0.29) is 5.91 Å². The number of thiazole rings is 1. The molecule has 6 heteroatoms. The van der Waals surface area contributed by atoms with Gasteiger partial charge in [0, 0.05) is 31.9 Å². The van der Waals surface area contributed by atoms with Crippen LogP contribution in [-0.4, -0.2) is 51.9 Å². The van der Waals surface area contributed by atoms with Crippen molar-refractivity contribution < 1.29 is 4.79 Å². The van der Waals surface area contributed by atoms with Crippen molar-refractivity contribution in [1.82, 2.24) is 19.8 Å². The van der Waals surface area contributed by atoms with Crippen molar-refractivity contribution in [3.05, 3.63) is 46.2 Å². The number of pyridine rings is 1. The minimum atomic E-state index is 0.142. The third-order valence-corrected chi connectivity index (χ3v) is 5.60. The fourth-order valence-electron chi connectivity index (χ4n) is 3.25. The van der Waals surface area contributed by atoms with E-state index >= 15 is 0 Å². The zero-order chi connectivity index (χ0) is 16.9. The maximum Gasteiger partial charge on any atom is 0.265 e. The van der Waals surface area contributed by atoms with Crippen LogP contribution in [0.1, 0.15) is 40.3 Å². The van der Waals surface area contributed by atoms with E-state index in [0.717, 1.165) is 55.2 Å². The van der Waals surface area contributed by atoms with Gasteiger partial charge in [0.25, 0.3) is 5.91 Å². The molecule has 2 aromatic rings. The normalized spacial score (nSPS) is 18.6. The highest BCUT2D eigenvalue weighted by Gasteiger charge is 2.25. The second kappa shape index (κ2) is 7.85. The summed E-state index contributed by atoms with van der Waals surface area (Å²) < 4.78 is 0. The van der Waals surface area contributed by atoms with Crippen molar-refractivity contribution in [2.45, 2.75) is 38.8 Å². The number of nitrogens with zero attached hydrogens (tertiary/aromatic N) is 4. The van der Waals surface area contributed by atoms with Crippen LogP contribution in [0.15, 0.2) is 29.9 Å². The molecule has 2 aromatic heterocycles. The number of hydrogen-bond donors (Lipinski definition) is 0. The molecule has 0 saturated carbocycles. The molecule has 1 aliphatic heterocycles. The van der Waals surface area contributed by atoms with Gasteiger partial charge in [0.15, 0.2) is 0 Å². The zero-order valence-corrected chi connectivity index (χ0v) is 15.1. The molecular weight excluding hydrogens is 320 g/mol. The van der Waals surface area contributed by atoms with E-state index in [1.165, 1.54) is 11.3 Å². The Balaban J connectivity index is 1.58. The van der Waals surface area contributed by atoms with Crippen molar-refractivity contribution in [2.75, 3.05) is 20.1 Å². The molecule has 128 valence electrons. The van der Waals surface area contributed by atoms with Gasteiger partial charge in [-0.25, -0.2) is 4.98 Å².